The van der Waals surface area contributed by atoms with Gasteiger partial charge in [0.15, 0.2) is 0 Å². The van der Waals surface area contributed by atoms with Crippen LogP contribution in [0.25, 0.3) is 182 Å². The fourth-order valence-corrected chi connectivity index (χ4v) is 18.0. The van der Waals surface area contributed by atoms with Crippen LogP contribution < -0.4 is 0 Å². The van der Waals surface area contributed by atoms with Gasteiger partial charge >= 0.3 is 0 Å². The number of rotatable bonds is 8. The van der Waals surface area contributed by atoms with E-state index in [1.165, 1.54) is 77.9 Å². The predicted octanol–water partition coefficient (Wildman–Crippen LogP) is 26.7. The lowest BCUT2D eigenvalue weighted by atomic mass is 9.92. The Morgan fingerprint density at radius 1 is 0.179 bits per heavy atom. The first-order valence-corrected chi connectivity index (χ1v) is 38.7. The van der Waals surface area contributed by atoms with Gasteiger partial charge in [-0.25, -0.2) is 19.9 Å². The molecule has 0 spiro atoms. The summed E-state index contributed by atoms with van der Waals surface area (Å²) in [5.41, 5.74) is 50.1. The molecule has 0 unspecified atom stereocenters. The number of nitrogens with one attached hydrogen (secondary N) is 4. The third-order valence-electron chi connectivity index (χ3n) is 22.6. The van der Waals surface area contributed by atoms with Crippen LogP contribution in [0.2, 0.25) is 0 Å². The van der Waals surface area contributed by atoms with Crippen LogP contribution >= 0.6 is 0 Å². The van der Waals surface area contributed by atoms with Gasteiger partial charge in [-0.1, -0.05) is 167 Å². The van der Waals surface area contributed by atoms with E-state index >= 15 is 0 Å². The number of H-pyrrole nitrogens is 4. The third-order valence-corrected chi connectivity index (χ3v) is 22.6. The molecular formula is C104H86N8. The molecule has 0 aliphatic carbocycles. The van der Waals surface area contributed by atoms with E-state index in [0.29, 0.717) is 0 Å². The number of nitrogens with zero attached hydrogens (tertiary/aromatic N) is 4. The summed E-state index contributed by atoms with van der Waals surface area (Å²) in [7, 11) is 0. The minimum absolute atomic E-state index is 0.846. The standard InChI is InChI=1S/C104H86N8/c1-57-15-25-73(26-16-57)97-77-33-41-85(105-77)101(93-63(7)49-59(3)50-64(93)8)89-45-37-81(109-89)99(82-38-46-90(110-82)102(86-42-34-78(97)106-86)94-65(9)51-60(4)52-66(94)10)75-29-21-71(22-30-75)19-20-72-23-31-76(32-24-72)100-83-39-47-91(111-83)103(95-67(11)53-61(5)54-68(95)12)87-43-35-79(107-87)98(74-27-17-58(2)18-28-74)80-36-44-88(108-80)104(92-48-40-84(100)112-92)96-69(13)55-62(6)56-70(96)14/h15-18,21-56,105,107,110,112H,1-14H3/i97+1,98+1. The topological polar surface area (TPSA) is 115 Å². The van der Waals surface area contributed by atoms with Crippen LogP contribution in [0, 0.1) is 109 Å². The fourth-order valence-electron chi connectivity index (χ4n) is 18.0. The Morgan fingerprint density at radius 2 is 0.348 bits per heavy atom. The lowest BCUT2D eigenvalue weighted by Crippen LogP contribution is -1.95. The zero-order chi connectivity index (χ0) is 77.1. The molecule has 0 saturated heterocycles. The summed E-state index contributed by atoms with van der Waals surface area (Å²) in [6, 6.07) is 70.8. The maximum absolute atomic E-state index is 5.71. The van der Waals surface area contributed by atoms with E-state index in [9.17, 15) is 0 Å². The SMILES string of the molecule is Cc1ccc(-[13c]2c3nc(c(-c4c(C)cc(C)cc4C)c4ccc([nH]4)c(-c4ccc(C#Cc5ccc(-c6c7nc(c(-c8c(C)cc(C)cc8C)c8ccc([nH]8)[13c](-c8ccc(C)cc8)c8nc(c(-c9c(C)cc(C)cc9C)c9ccc6[nH]9)C=C8)C=C7)cc5)cc4)c4nc(c(-c5c(C)cc(C)cc5C)c5ccc2[nH]5)C=C4)C=C3)cc1. The first-order valence-electron chi connectivity index (χ1n) is 38.7. The van der Waals surface area contributed by atoms with Gasteiger partial charge in [-0.3, -0.25) is 0 Å². The van der Waals surface area contributed by atoms with Crippen molar-refractivity contribution >= 4 is 92.7 Å². The van der Waals surface area contributed by atoms with E-state index in [2.05, 4.69) is 371 Å². The lowest BCUT2D eigenvalue weighted by Gasteiger charge is -2.13. The minimum Gasteiger partial charge on any atom is -0.354 e. The average Bonchev–Trinajstić information content (AvgIpc) is 1.62. The largest absolute Gasteiger partial charge is 0.354 e. The quantitative estimate of drug-likeness (QED) is 0.113. The van der Waals surface area contributed by atoms with Gasteiger partial charge in [-0.05, 0) is 307 Å². The van der Waals surface area contributed by atoms with E-state index in [-0.39, 0.29) is 0 Å². The van der Waals surface area contributed by atoms with E-state index in [1.807, 2.05) is 0 Å². The first kappa shape index (κ1) is 70.2. The summed E-state index contributed by atoms with van der Waals surface area (Å²) in [6.45, 7) is 30.7. The Labute approximate surface area is 655 Å². The number of aryl methyl sites for hydroxylation is 14. The second kappa shape index (κ2) is 27.9. The molecule has 0 saturated carbocycles. The lowest BCUT2D eigenvalue weighted by molar-refractivity contribution is 1.28. The van der Waals surface area contributed by atoms with Crippen LogP contribution in [0.4, 0.5) is 0 Å². The van der Waals surface area contributed by atoms with E-state index in [0.717, 1.165) is 190 Å². The zero-order valence-electron chi connectivity index (χ0n) is 65.9. The molecule has 542 valence electrons. The van der Waals surface area contributed by atoms with Crippen molar-refractivity contribution in [3.05, 3.63) is 329 Å². The van der Waals surface area contributed by atoms with Crippen molar-refractivity contribution in [1.82, 2.24) is 39.9 Å². The second-order valence-corrected chi connectivity index (χ2v) is 31.2. The Balaban J connectivity index is 0.795. The van der Waals surface area contributed by atoms with Crippen molar-refractivity contribution < 1.29 is 0 Å². The smallest absolute Gasteiger partial charge is 0.0737 e. The van der Waals surface area contributed by atoms with Gasteiger partial charge < -0.3 is 19.9 Å². The number of aromatic amines is 4. The van der Waals surface area contributed by atoms with Gasteiger partial charge in [0.2, 0.25) is 0 Å². The number of fused-ring (bicyclic) bond motifs is 16. The van der Waals surface area contributed by atoms with Crippen LogP contribution in [-0.2, 0) is 0 Å². The van der Waals surface area contributed by atoms with Crippen molar-refractivity contribution in [2.75, 3.05) is 0 Å². The Hall–Kier alpha value is -13.5. The highest BCUT2D eigenvalue weighted by atomic mass is 14.9. The summed E-state index contributed by atoms with van der Waals surface area (Å²) >= 11 is 0. The second-order valence-electron chi connectivity index (χ2n) is 31.2. The highest BCUT2D eigenvalue weighted by Crippen LogP contribution is 2.45. The van der Waals surface area contributed by atoms with Gasteiger partial charge in [0, 0.05) is 99.8 Å². The molecule has 0 amide bonds. The number of benzene rings is 8. The summed E-state index contributed by atoms with van der Waals surface area (Å²) in [6.07, 6.45) is 17.5. The first-order chi connectivity index (χ1) is 54.2. The van der Waals surface area contributed by atoms with Gasteiger partial charge in [-0.15, -0.1) is 0 Å². The Kier molecular flexibility index (Phi) is 17.5. The molecule has 0 radical (unpaired) electrons. The van der Waals surface area contributed by atoms with Gasteiger partial charge in [0.25, 0.3) is 0 Å². The third kappa shape index (κ3) is 12.7. The monoisotopic (exact) mass is 1450 g/mol. The van der Waals surface area contributed by atoms with Crippen molar-refractivity contribution in [3.63, 3.8) is 0 Å². The summed E-state index contributed by atoms with van der Waals surface area (Å²) in [5, 5.41) is 0. The van der Waals surface area contributed by atoms with Crippen molar-refractivity contribution in [3.8, 4) is 101 Å². The molecule has 14 aromatic rings. The molecule has 10 heterocycles. The summed E-state index contributed by atoms with van der Waals surface area (Å²) in [5.74, 6) is 7.14. The summed E-state index contributed by atoms with van der Waals surface area (Å²) < 4.78 is 0. The molecule has 0 fully saturated rings. The predicted molar refractivity (Wildman–Crippen MR) is 474 cm³/mol. The van der Waals surface area contributed by atoms with Gasteiger partial charge in [0.05, 0.1) is 45.6 Å². The molecule has 8 heteroatoms. The average molecular weight is 1450 g/mol. The molecule has 4 aliphatic rings. The van der Waals surface area contributed by atoms with Crippen molar-refractivity contribution in [2.24, 2.45) is 0 Å². The summed E-state index contributed by atoms with van der Waals surface area (Å²) in [4.78, 5) is 38.7. The highest BCUT2D eigenvalue weighted by molar-refractivity contribution is 6.04. The van der Waals surface area contributed by atoms with Gasteiger partial charge in [0.1, 0.15) is 0 Å². The molecule has 0 atom stereocenters. The molecular weight excluding hydrogens is 1360 g/mol. The molecule has 8 nitrogen and oxygen atoms in total. The Morgan fingerprint density at radius 3 is 0.545 bits per heavy atom. The number of aromatic nitrogens is 8. The Bertz CT molecular complexity index is 6300. The normalized spacial score (nSPS) is 12.2. The molecule has 4 N–H and O–H groups in total. The zero-order valence-corrected chi connectivity index (χ0v) is 65.9. The van der Waals surface area contributed by atoms with Crippen molar-refractivity contribution in [1.29, 1.82) is 0 Å². The maximum Gasteiger partial charge on any atom is 0.0737 e. The molecule has 8 aromatic carbocycles. The van der Waals surface area contributed by atoms with Crippen molar-refractivity contribution in [2.45, 2.75) is 96.9 Å². The van der Waals surface area contributed by atoms with Crippen LogP contribution in [0.15, 0.2) is 194 Å². The minimum atomic E-state index is 0.846. The number of hydrogen-bond donors (Lipinski definition) is 4. The van der Waals surface area contributed by atoms with Crippen LogP contribution in [0.3, 0.4) is 0 Å². The molecule has 4 aliphatic heterocycles. The van der Waals surface area contributed by atoms with E-state index in [1.54, 1.807) is 0 Å². The maximum atomic E-state index is 5.71. The number of hydrogen-bond acceptors (Lipinski definition) is 4. The molecule has 6 aromatic heterocycles. The van der Waals surface area contributed by atoms with Crippen LogP contribution in [0.1, 0.15) is 135 Å². The molecule has 16 bridgehead atoms. The van der Waals surface area contributed by atoms with Crippen LogP contribution in [-0.4, -0.2) is 39.9 Å². The van der Waals surface area contributed by atoms with E-state index in [4.69, 9.17) is 19.9 Å². The molecule has 18 rings (SSSR count). The van der Waals surface area contributed by atoms with Crippen LogP contribution in [0.5, 0.6) is 0 Å². The van der Waals surface area contributed by atoms with Gasteiger partial charge in [-0.2, -0.15) is 0 Å². The van der Waals surface area contributed by atoms with E-state index < -0.39 is 0 Å². The fraction of sp³-hybridized carbons (Fsp3) is 0.135. The highest BCUT2D eigenvalue weighted by Gasteiger charge is 2.26. The molecule has 112 heavy (non-hydrogen) atoms.